The monoisotopic (exact) mass is 405 g/mol. The second-order valence-electron chi connectivity index (χ2n) is 7.40. The summed E-state index contributed by atoms with van der Waals surface area (Å²) in [5.74, 6) is 0.721. The van der Waals surface area contributed by atoms with Crippen molar-refractivity contribution in [2.24, 2.45) is 0 Å². The molecule has 1 saturated heterocycles. The molecule has 7 heteroatoms. The number of para-hydroxylation sites is 1. The second-order valence-corrected chi connectivity index (χ2v) is 7.40. The number of rotatable bonds is 4. The van der Waals surface area contributed by atoms with E-state index >= 15 is 0 Å². The number of carbonyl (C=O) groups is 1. The largest absolute Gasteiger partial charge is 0.497 e. The highest BCUT2D eigenvalue weighted by Crippen LogP contribution is 2.28. The number of ether oxygens (including phenoxy) is 1. The molecule has 0 aliphatic carbocycles. The molecule has 1 aromatic heterocycles. The normalized spacial score (nSPS) is 14.0. The molecule has 2 amide bonds. The van der Waals surface area contributed by atoms with E-state index in [1.807, 2.05) is 59.0 Å². The molecular formula is C23H27N5O2. The lowest BCUT2D eigenvalue weighted by atomic mass is 10.2. The first-order chi connectivity index (χ1) is 14.6. The van der Waals surface area contributed by atoms with E-state index in [4.69, 9.17) is 9.84 Å². The minimum absolute atomic E-state index is 0.0867. The average Bonchev–Trinajstić information content (AvgIpc) is 3.08. The fraction of sp³-hybridized carbons (Fsp3) is 0.304. The zero-order chi connectivity index (χ0) is 21.1. The highest BCUT2D eigenvalue weighted by atomic mass is 16.5. The smallest absolute Gasteiger partial charge is 0.321 e. The molecule has 1 fully saturated rings. The van der Waals surface area contributed by atoms with Gasteiger partial charge in [0.05, 0.1) is 29.9 Å². The molecule has 2 aromatic carbocycles. The maximum absolute atomic E-state index is 12.7. The Hall–Kier alpha value is -3.48. The molecule has 0 spiro atoms. The van der Waals surface area contributed by atoms with Gasteiger partial charge in [-0.2, -0.15) is 5.10 Å². The molecule has 1 N–H and O–H groups in total. The Labute approximate surface area is 176 Å². The number of piperazine rings is 1. The van der Waals surface area contributed by atoms with Crippen molar-refractivity contribution in [1.82, 2.24) is 14.7 Å². The van der Waals surface area contributed by atoms with Gasteiger partial charge in [0.25, 0.3) is 0 Å². The molecule has 0 atom stereocenters. The van der Waals surface area contributed by atoms with Gasteiger partial charge in [0.2, 0.25) is 0 Å². The first-order valence-corrected chi connectivity index (χ1v) is 10.1. The third-order valence-electron chi connectivity index (χ3n) is 5.46. The van der Waals surface area contributed by atoms with Gasteiger partial charge in [-0.05, 0) is 38.1 Å². The quantitative estimate of drug-likeness (QED) is 0.716. The van der Waals surface area contributed by atoms with Crippen molar-refractivity contribution in [3.8, 4) is 11.4 Å². The maximum atomic E-state index is 12.7. The number of methoxy groups -OCH3 is 1. The topological polar surface area (TPSA) is 62.6 Å². The van der Waals surface area contributed by atoms with Crippen molar-refractivity contribution >= 4 is 17.4 Å². The first kappa shape index (κ1) is 19.8. The van der Waals surface area contributed by atoms with Gasteiger partial charge >= 0.3 is 6.03 Å². The summed E-state index contributed by atoms with van der Waals surface area (Å²) < 4.78 is 7.21. The Balaban J connectivity index is 1.42. The summed E-state index contributed by atoms with van der Waals surface area (Å²) in [6, 6.07) is 17.5. The Kier molecular flexibility index (Phi) is 5.61. The molecule has 2 heterocycles. The molecule has 30 heavy (non-hydrogen) atoms. The second kappa shape index (κ2) is 8.49. The maximum Gasteiger partial charge on any atom is 0.321 e. The zero-order valence-electron chi connectivity index (χ0n) is 17.6. The number of urea groups is 1. The van der Waals surface area contributed by atoms with Gasteiger partial charge in [-0.1, -0.05) is 24.3 Å². The van der Waals surface area contributed by atoms with Gasteiger partial charge in [0.15, 0.2) is 0 Å². The molecule has 4 rings (SSSR count). The van der Waals surface area contributed by atoms with E-state index in [0.717, 1.165) is 47.3 Å². The summed E-state index contributed by atoms with van der Waals surface area (Å²) in [6.45, 7) is 7.01. The van der Waals surface area contributed by atoms with Crippen LogP contribution in [0.4, 0.5) is 16.2 Å². The fourth-order valence-corrected chi connectivity index (χ4v) is 3.95. The molecule has 156 valence electrons. The van der Waals surface area contributed by atoms with E-state index in [2.05, 4.69) is 29.3 Å². The van der Waals surface area contributed by atoms with Gasteiger partial charge < -0.3 is 19.9 Å². The van der Waals surface area contributed by atoms with Crippen LogP contribution < -0.4 is 15.0 Å². The van der Waals surface area contributed by atoms with Crippen LogP contribution in [0, 0.1) is 13.8 Å². The van der Waals surface area contributed by atoms with Crippen molar-refractivity contribution in [2.45, 2.75) is 13.8 Å². The van der Waals surface area contributed by atoms with Gasteiger partial charge in [0, 0.05) is 37.9 Å². The van der Waals surface area contributed by atoms with E-state index in [9.17, 15) is 4.79 Å². The lowest BCUT2D eigenvalue weighted by Crippen LogP contribution is -2.50. The van der Waals surface area contributed by atoms with Gasteiger partial charge in [0.1, 0.15) is 5.75 Å². The Morgan fingerprint density at radius 3 is 2.43 bits per heavy atom. The van der Waals surface area contributed by atoms with Crippen molar-refractivity contribution in [3.63, 3.8) is 0 Å². The number of carbonyl (C=O) groups excluding carboxylic acids is 1. The van der Waals surface area contributed by atoms with Crippen LogP contribution in [0.15, 0.2) is 54.6 Å². The molecule has 1 aliphatic heterocycles. The summed E-state index contributed by atoms with van der Waals surface area (Å²) in [4.78, 5) is 16.8. The zero-order valence-corrected chi connectivity index (χ0v) is 17.6. The standard InChI is InChI=1S/C23H27N5O2/c1-17-22(18(2)28(25-17)20-9-5-4-6-10-20)26-12-14-27(15-13-26)23(29)24-19-8-7-11-21(16-19)30-3/h4-11,16H,12-15H2,1-3H3,(H,24,29). The number of nitrogens with one attached hydrogen (secondary N) is 1. The van der Waals surface area contributed by atoms with Crippen LogP contribution in [-0.2, 0) is 0 Å². The summed E-state index contributed by atoms with van der Waals surface area (Å²) in [5.41, 5.74) is 5.07. The first-order valence-electron chi connectivity index (χ1n) is 10.1. The Morgan fingerprint density at radius 2 is 1.73 bits per heavy atom. The Morgan fingerprint density at radius 1 is 1.00 bits per heavy atom. The molecule has 7 nitrogen and oxygen atoms in total. The van der Waals surface area contributed by atoms with Crippen LogP contribution in [0.5, 0.6) is 5.75 Å². The number of amides is 2. The minimum Gasteiger partial charge on any atom is -0.497 e. The number of aryl methyl sites for hydroxylation is 1. The van der Waals surface area contributed by atoms with Crippen LogP contribution in [0.25, 0.3) is 5.69 Å². The fourth-order valence-electron chi connectivity index (χ4n) is 3.95. The van der Waals surface area contributed by atoms with Gasteiger partial charge in [-0.15, -0.1) is 0 Å². The van der Waals surface area contributed by atoms with E-state index in [1.165, 1.54) is 0 Å². The molecule has 0 radical (unpaired) electrons. The third kappa shape index (κ3) is 3.96. The molecule has 0 bridgehead atoms. The Bertz CT molecular complexity index is 1020. The SMILES string of the molecule is COc1cccc(NC(=O)N2CCN(c3c(C)nn(-c4ccccc4)c3C)CC2)c1. The predicted molar refractivity (Wildman–Crippen MR) is 119 cm³/mol. The van der Waals surface area contributed by atoms with E-state index in [-0.39, 0.29) is 6.03 Å². The summed E-state index contributed by atoms with van der Waals surface area (Å²) in [6.07, 6.45) is 0. The van der Waals surface area contributed by atoms with E-state index in [1.54, 1.807) is 7.11 Å². The molecule has 0 saturated carbocycles. The summed E-state index contributed by atoms with van der Waals surface area (Å²) in [5, 5.41) is 7.71. The lowest BCUT2D eigenvalue weighted by molar-refractivity contribution is 0.208. The molecule has 3 aromatic rings. The van der Waals surface area contributed by atoms with Crippen LogP contribution in [-0.4, -0.2) is 54.0 Å². The molecular weight excluding hydrogens is 378 g/mol. The van der Waals surface area contributed by atoms with Crippen LogP contribution >= 0.6 is 0 Å². The number of benzene rings is 2. The summed E-state index contributed by atoms with van der Waals surface area (Å²) in [7, 11) is 1.62. The van der Waals surface area contributed by atoms with Gasteiger partial charge in [-0.3, -0.25) is 0 Å². The molecule has 0 unspecified atom stereocenters. The summed E-state index contributed by atoms with van der Waals surface area (Å²) >= 11 is 0. The predicted octanol–water partition coefficient (Wildman–Crippen LogP) is 3.85. The number of hydrogen-bond donors (Lipinski definition) is 1. The third-order valence-corrected chi connectivity index (χ3v) is 5.46. The van der Waals surface area contributed by atoms with Crippen LogP contribution in [0.2, 0.25) is 0 Å². The van der Waals surface area contributed by atoms with Crippen molar-refractivity contribution < 1.29 is 9.53 Å². The van der Waals surface area contributed by atoms with Crippen molar-refractivity contribution in [3.05, 3.63) is 66.0 Å². The number of nitrogens with zero attached hydrogens (tertiary/aromatic N) is 4. The van der Waals surface area contributed by atoms with Crippen molar-refractivity contribution in [2.75, 3.05) is 43.5 Å². The minimum atomic E-state index is -0.0867. The highest BCUT2D eigenvalue weighted by molar-refractivity contribution is 5.89. The van der Waals surface area contributed by atoms with Crippen molar-refractivity contribution in [1.29, 1.82) is 0 Å². The van der Waals surface area contributed by atoms with E-state index < -0.39 is 0 Å². The molecule has 1 aliphatic rings. The van der Waals surface area contributed by atoms with E-state index in [0.29, 0.717) is 13.1 Å². The van der Waals surface area contributed by atoms with Gasteiger partial charge in [-0.25, -0.2) is 9.48 Å². The average molecular weight is 406 g/mol. The lowest BCUT2D eigenvalue weighted by Gasteiger charge is -2.36. The number of anilines is 2. The number of aromatic nitrogens is 2. The highest BCUT2D eigenvalue weighted by Gasteiger charge is 2.25. The van der Waals surface area contributed by atoms with Crippen LogP contribution in [0.1, 0.15) is 11.4 Å². The van der Waals surface area contributed by atoms with Crippen LogP contribution in [0.3, 0.4) is 0 Å². The number of hydrogen-bond acceptors (Lipinski definition) is 4.